The fraction of sp³-hybridized carbons (Fsp3) is 1.00. The van der Waals surface area contributed by atoms with Gasteiger partial charge in [0, 0.05) is 0 Å². The molecule has 3 unspecified atom stereocenters. The Morgan fingerprint density at radius 2 is 0.681 bits per heavy atom. The van der Waals surface area contributed by atoms with Gasteiger partial charge in [0.2, 0.25) is 0 Å². The van der Waals surface area contributed by atoms with Crippen LogP contribution in [0.4, 0.5) is 0 Å². The molecule has 0 aromatic carbocycles. The van der Waals surface area contributed by atoms with Crippen molar-refractivity contribution in [3.8, 4) is 0 Å². The van der Waals surface area contributed by atoms with Gasteiger partial charge in [-0.2, -0.15) is 0 Å². The van der Waals surface area contributed by atoms with Crippen molar-refractivity contribution in [1.82, 2.24) is 0 Å². The predicted octanol–water partition coefficient (Wildman–Crippen LogP) is 24.8. The normalized spacial score (nSPS) is 29.8. The minimum absolute atomic E-state index is 0.507. The third-order valence-corrected chi connectivity index (χ3v) is 21.7. The van der Waals surface area contributed by atoms with Gasteiger partial charge in [-0.3, -0.25) is 0 Å². The molecule has 0 N–H and O–H groups in total. The van der Waals surface area contributed by atoms with E-state index in [0.29, 0.717) is 37.9 Å². The van der Waals surface area contributed by atoms with Crippen LogP contribution in [-0.2, 0) is 0 Å². The smallest absolute Gasteiger partial charge is 0.0277 e. The number of hydrogen-bond donors (Lipinski definition) is 0. The van der Waals surface area contributed by atoms with Crippen LogP contribution in [0.3, 0.4) is 0 Å². The first-order chi connectivity index (χ1) is 31.8. The zero-order valence-corrected chi connectivity index (χ0v) is 52.7. The molecule has 0 amide bonds. The summed E-state index contributed by atoms with van der Waals surface area (Å²) < 4.78 is 0. The summed E-state index contributed by atoms with van der Waals surface area (Å²) in [5, 5.41) is 0. The third kappa shape index (κ3) is 28.5. The topological polar surface area (TPSA) is 0 Å². The fourth-order valence-corrected chi connectivity index (χ4v) is 13.0. The minimum atomic E-state index is 0.507. The van der Waals surface area contributed by atoms with Crippen molar-refractivity contribution in [2.75, 3.05) is 0 Å². The maximum atomic E-state index is 2.46. The molecular formula is C69H138. The Morgan fingerprint density at radius 3 is 0.928 bits per heavy atom. The highest BCUT2D eigenvalue weighted by Crippen LogP contribution is 2.51. The SMILES string of the molecule is CC(C)(C)C1(C)CCCCC1.CC(C)(C)C1CCCCC1.CC1(C)CCCCC1.CC1C(C)(C)CCCC1(C)C.CC1CC1.CC1CCCC(C)C1C.CC1CCCCC1.CC1CCCCC1(C)C. The first-order valence-electron chi connectivity index (χ1n) is 31.8. The van der Waals surface area contributed by atoms with E-state index in [2.05, 4.69) is 152 Å². The number of rotatable bonds is 0. The molecule has 69 heavy (non-hydrogen) atoms. The molecule has 414 valence electrons. The van der Waals surface area contributed by atoms with E-state index in [-0.39, 0.29) is 0 Å². The quantitative estimate of drug-likeness (QED) is 0.227. The summed E-state index contributed by atoms with van der Waals surface area (Å²) in [5.41, 5.74) is 4.15. The van der Waals surface area contributed by atoms with E-state index in [1.807, 2.05) is 0 Å². The van der Waals surface area contributed by atoms with E-state index in [0.717, 1.165) is 47.3 Å². The Kier molecular flexibility index (Phi) is 30.9. The molecule has 8 saturated carbocycles. The second kappa shape index (κ2) is 31.8. The van der Waals surface area contributed by atoms with Gasteiger partial charge in [0.25, 0.3) is 0 Å². The maximum absolute atomic E-state index is 2.46. The molecule has 8 fully saturated rings. The second-order valence-electron chi connectivity index (χ2n) is 31.7. The van der Waals surface area contributed by atoms with E-state index in [1.54, 1.807) is 0 Å². The predicted molar refractivity (Wildman–Crippen MR) is 318 cm³/mol. The molecule has 0 spiro atoms. The Balaban J connectivity index is 0.000000398. The molecule has 8 rings (SSSR count). The lowest BCUT2D eigenvalue weighted by atomic mass is 9.58. The molecule has 3 atom stereocenters. The molecular weight excluding hydrogens is 829 g/mol. The Labute approximate surface area is 441 Å². The fourth-order valence-electron chi connectivity index (χ4n) is 13.0. The van der Waals surface area contributed by atoms with Gasteiger partial charge in [-0.1, -0.05) is 300 Å². The lowest BCUT2D eigenvalue weighted by molar-refractivity contribution is 0.0286. The molecule has 0 heterocycles. The summed E-state index contributed by atoms with van der Waals surface area (Å²) in [6.45, 7) is 52.6. The standard InChI is InChI=1S/2C11H22.C10H20.2C9H18.C8H16.C7H14.C4H8/c1-9-10(2,3)7-6-8-11(9,4)5;1-10(2,3)11(4)8-6-5-7-9-11;1-10(2,3)9-7-5-4-6-8-9;1-8-6-4-5-7-9(8,2)3;1-7-5-4-6-8(2)9(7)3;1-8(2)6-4-3-5-7-8;1-7-5-3-2-4-6-7;1-4-2-3-4/h9H,6-8H2,1-5H3;5-9H2,1-4H3;9H,4-8H2,1-3H3;8H,4-7H2,1-3H3;7-9H,4-6H2,1-3H3;3-7H2,1-2H3;7H,2-6H2,1H3;4H,2-3H2,1H3. The van der Waals surface area contributed by atoms with E-state index < -0.39 is 0 Å². The van der Waals surface area contributed by atoms with Crippen LogP contribution >= 0.6 is 0 Å². The summed E-state index contributed by atoms with van der Waals surface area (Å²) in [6.07, 6.45) is 46.8. The highest BCUT2D eigenvalue weighted by Gasteiger charge is 2.40. The highest BCUT2D eigenvalue weighted by molar-refractivity contribution is 4.91. The molecule has 0 aromatic rings. The van der Waals surface area contributed by atoms with Crippen LogP contribution in [0.25, 0.3) is 0 Å². The van der Waals surface area contributed by atoms with E-state index in [9.17, 15) is 0 Å². The van der Waals surface area contributed by atoms with Crippen molar-refractivity contribution in [3.63, 3.8) is 0 Å². The van der Waals surface area contributed by atoms with E-state index in [1.165, 1.54) is 205 Å². The first-order valence-corrected chi connectivity index (χ1v) is 31.8. The molecule has 0 radical (unpaired) electrons. The average molecular weight is 968 g/mol. The molecule has 0 saturated heterocycles. The molecule has 8 aliphatic carbocycles. The summed E-state index contributed by atoms with van der Waals surface area (Å²) in [5.74, 6) is 7.87. The zero-order chi connectivity index (χ0) is 52.7. The van der Waals surface area contributed by atoms with Crippen LogP contribution in [0.15, 0.2) is 0 Å². The van der Waals surface area contributed by atoms with Crippen LogP contribution in [-0.4, -0.2) is 0 Å². The monoisotopic (exact) mass is 967 g/mol. The van der Waals surface area contributed by atoms with Crippen LogP contribution < -0.4 is 0 Å². The molecule has 0 aliphatic heterocycles. The lowest BCUT2D eigenvalue weighted by Crippen LogP contribution is -2.38. The second-order valence-corrected chi connectivity index (χ2v) is 31.7. The van der Waals surface area contributed by atoms with Crippen LogP contribution in [0.5, 0.6) is 0 Å². The van der Waals surface area contributed by atoms with Crippen molar-refractivity contribution < 1.29 is 0 Å². The average Bonchev–Trinajstić information content (AvgIpc) is 4.06. The number of hydrogen-bond acceptors (Lipinski definition) is 0. The van der Waals surface area contributed by atoms with Crippen LogP contribution in [0.1, 0.15) is 358 Å². The molecule has 0 aromatic heterocycles. The van der Waals surface area contributed by atoms with E-state index >= 15 is 0 Å². The first kappa shape index (κ1) is 67.0. The summed E-state index contributed by atoms with van der Waals surface area (Å²) in [6, 6.07) is 0. The molecule has 0 nitrogen and oxygen atoms in total. The van der Waals surface area contributed by atoms with Gasteiger partial charge in [-0.05, 0) is 143 Å². The molecule has 0 bridgehead atoms. The van der Waals surface area contributed by atoms with Crippen molar-refractivity contribution in [2.45, 2.75) is 358 Å². The van der Waals surface area contributed by atoms with Crippen molar-refractivity contribution in [2.24, 2.45) is 85.2 Å². The summed E-state index contributed by atoms with van der Waals surface area (Å²) in [4.78, 5) is 0. The van der Waals surface area contributed by atoms with Gasteiger partial charge in [-0.15, -0.1) is 0 Å². The third-order valence-electron chi connectivity index (χ3n) is 21.7. The minimum Gasteiger partial charge on any atom is -0.0625 e. The Bertz CT molecular complexity index is 1200. The van der Waals surface area contributed by atoms with Crippen LogP contribution in [0, 0.1) is 85.2 Å². The van der Waals surface area contributed by atoms with Crippen LogP contribution in [0.2, 0.25) is 0 Å². The van der Waals surface area contributed by atoms with Gasteiger partial charge in [0.05, 0.1) is 0 Å². The molecule has 8 aliphatic rings. The summed E-state index contributed by atoms with van der Waals surface area (Å²) in [7, 11) is 0. The summed E-state index contributed by atoms with van der Waals surface area (Å²) >= 11 is 0. The van der Waals surface area contributed by atoms with Crippen molar-refractivity contribution >= 4 is 0 Å². The van der Waals surface area contributed by atoms with Crippen molar-refractivity contribution in [3.05, 3.63) is 0 Å². The van der Waals surface area contributed by atoms with Crippen molar-refractivity contribution in [1.29, 1.82) is 0 Å². The Hall–Kier alpha value is 0. The van der Waals surface area contributed by atoms with Gasteiger partial charge in [-0.25, -0.2) is 0 Å². The van der Waals surface area contributed by atoms with Gasteiger partial charge in [0.1, 0.15) is 0 Å². The van der Waals surface area contributed by atoms with E-state index in [4.69, 9.17) is 0 Å². The van der Waals surface area contributed by atoms with Gasteiger partial charge in [0.15, 0.2) is 0 Å². The largest absolute Gasteiger partial charge is 0.0625 e. The van der Waals surface area contributed by atoms with Gasteiger partial charge >= 0.3 is 0 Å². The van der Waals surface area contributed by atoms with Gasteiger partial charge < -0.3 is 0 Å². The Morgan fingerprint density at radius 1 is 0.319 bits per heavy atom. The highest BCUT2D eigenvalue weighted by atomic mass is 14.5. The molecule has 0 heteroatoms. The lowest BCUT2D eigenvalue weighted by Gasteiger charge is -2.47. The zero-order valence-electron chi connectivity index (χ0n) is 52.7. The maximum Gasteiger partial charge on any atom is -0.0277 e.